The first-order valence-electron chi connectivity index (χ1n) is 12.4. The number of aliphatic carboxylic acids is 2. The van der Waals surface area contributed by atoms with Gasteiger partial charge >= 0.3 is 24.1 Å². The minimum absolute atomic E-state index is 0.254. The lowest BCUT2D eigenvalue weighted by molar-refractivity contribution is -0.148. The van der Waals surface area contributed by atoms with Crippen LogP contribution < -0.4 is 0 Å². The Morgan fingerprint density at radius 3 is 1.34 bits per heavy atom. The maximum absolute atomic E-state index is 11.3. The number of carboxylic acid groups (broad SMARTS) is 2. The molecule has 2 heterocycles. The van der Waals surface area contributed by atoms with Gasteiger partial charge in [0.2, 0.25) is 0 Å². The summed E-state index contributed by atoms with van der Waals surface area (Å²) in [6.07, 6.45) is -0.870. The second-order valence-electron chi connectivity index (χ2n) is 11.5. The molecule has 1 aromatic carbocycles. The summed E-state index contributed by atoms with van der Waals surface area (Å²) in [6.45, 7) is 18.2. The normalized spacial score (nSPS) is 15.5. The van der Waals surface area contributed by atoms with E-state index >= 15 is 0 Å². The number of ether oxygens (including phenoxy) is 2. The highest BCUT2D eigenvalue weighted by Crippen LogP contribution is 2.21. The number of aryl methyl sites for hydroxylation is 1. The van der Waals surface area contributed by atoms with E-state index < -0.39 is 47.2 Å². The van der Waals surface area contributed by atoms with Crippen LogP contribution in [0, 0.1) is 36.2 Å². The highest BCUT2D eigenvalue weighted by atomic mass is 127. The summed E-state index contributed by atoms with van der Waals surface area (Å²) >= 11 is 2.37. The topological polar surface area (TPSA) is 134 Å². The Kier molecular flexibility index (Phi) is 11.9. The average molecular weight is 649 g/mol. The van der Waals surface area contributed by atoms with Crippen LogP contribution in [0.15, 0.2) is 12.1 Å². The third-order valence-corrected chi connectivity index (χ3v) is 6.93. The fourth-order valence-corrected chi connectivity index (χ4v) is 3.73. The summed E-state index contributed by atoms with van der Waals surface area (Å²) in [4.78, 5) is 46.3. The average Bonchev–Trinajstić information content (AvgIpc) is 2.64. The van der Waals surface area contributed by atoms with Crippen molar-refractivity contribution in [2.45, 2.75) is 73.5 Å². The van der Waals surface area contributed by atoms with Gasteiger partial charge in [-0.1, -0.05) is 6.07 Å². The monoisotopic (exact) mass is 648 g/mol. The standard InChI is InChI=1S/C9H11I.2C9H15NO4/c1-6-4-5-9(10)8(3)7(6)2;2*1-9(2,3)14-8(13)10-4-6(5-10)7(11)12/h4-5H,1-3H3;2*6H,4-5H2,1-3H3,(H,11,12). The molecule has 2 saturated heterocycles. The van der Waals surface area contributed by atoms with E-state index in [1.807, 2.05) is 0 Å². The maximum Gasteiger partial charge on any atom is 0.410 e. The van der Waals surface area contributed by atoms with Gasteiger partial charge in [0.25, 0.3) is 0 Å². The SMILES string of the molecule is CC(C)(C)OC(=O)N1CC(C(=O)O)C1.CC(C)(C)OC(=O)N1CC(C(=O)O)C1.Cc1ccc(I)c(C)c1C. The number of benzene rings is 1. The number of carbonyl (C=O) groups is 4. The number of carbonyl (C=O) groups excluding carboxylic acids is 2. The number of hydrogen-bond donors (Lipinski definition) is 2. The van der Waals surface area contributed by atoms with Gasteiger partial charge < -0.3 is 29.5 Å². The molecule has 10 nitrogen and oxygen atoms in total. The Bertz CT molecular complexity index is 936. The second-order valence-corrected chi connectivity index (χ2v) is 12.6. The molecule has 2 fully saturated rings. The largest absolute Gasteiger partial charge is 0.481 e. The molecule has 2 aliphatic heterocycles. The van der Waals surface area contributed by atoms with E-state index in [2.05, 4.69) is 55.5 Å². The molecule has 11 heteroatoms. The van der Waals surface area contributed by atoms with E-state index in [4.69, 9.17) is 19.7 Å². The number of amides is 2. The van der Waals surface area contributed by atoms with E-state index in [0.717, 1.165) is 0 Å². The number of likely N-dealkylation sites (tertiary alicyclic amines) is 2. The van der Waals surface area contributed by atoms with Gasteiger partial charge in [-0.25, -0.2) is 9.59 Å². The quantitative estimate of drug-likeness (QED) is 0.424. The minimum atomic E-state index is -0.857. The fourth-order valence-electron chi connectivity index (χ4n) is 3.14. The Labute approximate surface area is 238 Å². The van der Waals surface area contributed by atoms with Gasteiger partial charge in [-0.05, 0) is 108 Å². The molecule has 2 N–H and O–H groups in total. The van der Waals surface area contributed by atoms with Crippen LogP contribution in [-0.4, -0.2) is 81.5 Å². The number of halogens is 1. The Morgan fingerprint density at radius 1 is 0.737 bits per heavy atom. The first-order chi connectivity index (χ1) is 17.2. The molecular formula is C27H41IN2O8. The number of nitrogens with zero attached hydrogens (tertiary/aromatic N) is 2. The van der Waals surface area contributed by atoms with Gasteiger partial charge in [0, 0.05) is 29.7 Å². The Balaban J connectivity index is 0.000000290. The summed E-state index contributed by atoms with van der Waals surface area (Å²) in [7, 11) is 0. The van der Waals surface area contributed by atoms with Crippen LogP contribution in [0.3, 0.4) is 0 Å². The molecule has 0 aromatic heterocycles. The predicted molar refractivity (Wildman–Crippen MR) is 151 cm³/mol. The van der Waals surface area contributed by atoms with Crippen LogP contribution in [-0.2, 0) is 19.1 Å². The molecule has 0 bridgehead atoms. The molecule has 0 radical (unpaired) electrons. The van der Waals surface area contributed by atoms with Gasteiger partial charge in [-0.15, -0.1) is 0 Å². The zero-order chi connectivity index (χ0) is 29.6. The summed E-state index contributed by atoms with van der Waals surface area (Å²) in [5, 5.41) is 17.2. The molecule has 0 aliphatic carbocycles. The van der Waals surface area contributed by atoms with Crippen molar-refractivity contribution in [3.63, 3.8) is 0 Å². The maximum atomic E-state index is 11.3. The van der Waals surface area contributed by atoms with Crippen LogP contribution in [0.1, 0.15) is 58.2 Å². The third kappa shape index (κ3) is 11.0. The Morgan fingerprint density at radius 2 is 1.08 bits per heavy atom. The molecule has 0 saturated carbocycles. The molecule has 0 spiro atoms. The van der Waals surface area contributed by atoms with Crippen molar-refractivity contribution in [3.8, 4) is 0 Å². The van der Waals surface area contributed by atoms with Gasteiger partial charge in [-0.2, -0.15) is 0 Å². The highest BCUT2D eigenvalue weighted by Gasteiger charge is 2.38. The van der Waals surface area contributed by atoms with Crippen molar-refractivity contribution in [2.24, 2.45) is 11.8 Å². The van der Waals surface area contributed by atoms with Gasteiger partial charge in [0.05, 0.1) is 11.8 Å². The lowest BCUT2D eigenvalue weighted by atomic mass is 10.0. The van der Waals surface area contributed by atoms with Crippen molar-refractivity contribution >= 4 is 46.7 Å². The fraction of sp³-hybridized carbons (Fsp3) is 0.630. The molecule has 2 amide bonds. The lowest BCUT2D eigenvalue weighted by Crippen LogP contribution is -2.54. The molecule has 0 atom stereocenters. The van der Waals surface area contributed by atoms with Crippen LogP contribution >= 0.6 is 22.6 Å². The van der Waals surface area contributed by atoms with Crippen molar-refractivity contribution in [1.82, 2.24) is 9.80 Å². The molecule has 38 heavy (non-hydrogen) atoms. The third-order valence-electron chi connectivity index (χ3n) is 5.76. The first-order valence-corrected chi connectivity index (χ1v) is 13.4. The molecular weight excluding hydrogens is 607 g/mol. The number of hydrogen-bond acceptors (Lipinski definition) is 6. The molecule has 1 aromatic rings. The van der Waals surface area contributed by atoms with Crippen molar-refractivity contribution in [1.29, 1.82) is 0 Å². The van der Waals surface area contributed by atoms with Crippen molar-refractivity contribution in [2.75, 3.05) is 26.2 Å². The van der Waals surface area contributed by atoms with Gasteiger partial charge in [-0.3, -0.25) is 9.59 Å². The lowest BCUT2D eigenvalue weighted by Gasteiger charge is -2.37. The second kappa shape index (κ2) is 13.5. The molecule has 2 aliphatic rings. The first kappa shape index (κ1) is 33.5. The number of carboxylic acids is 2. The van der Waals surface area contributed by atoms with Crippen molar-refractivity contribution in [3.05, 3.63) is 32.4 Å². The van der Waals surface area contributed by atoms with Crippen LogP contribution in [0.2, 0.25) is 0 Å². The summed E-state index contributed by atoms with van der Waals surface area (Å²) < 4.78 is 11.5. The van der Waals surface area contributed by atoms with E-state index in [1.54, 1.807) is 41.5 Å². The molecule has 3 rings (SSSR count). The van der Waals surface area contributed by atoms with E-state index in [0.29, 0.717) is 0 Å². The van der Waals surface area contributed by atoms with Crippen molar-refractivity contribution < 1.29 is 38.9 Å². The van der Waals surface area contributed by atoms with Gasteiger partial charge in [0.1, 0.15) is 11.2 Å². The van der Waals surface area contributed by atoms with E-state index in [-0.39, 0.29) is 26.2 Å². The molecule has 214 valence electrons. The predicted octanol–water partition coefficient (Wildman–Crippen LogP) is 5.09. The van der Waals surface area contributed by atoms with E-state index in [9.17, 15) is 19.2 Å². The van der Waals surface area contributed by atoms with Crippen LogP contribution in [0.5, 0.6) is 0 Å². The molecule has 0 unspecified atom stereocenters. The summed E-state index contributed by atoms with van der Waals surface area (Å²) in [5.74, 6) is -2.57. The Hall–Kier alpha value is -2.57. The number of rotatable bonds is 2. The summed E-state index contributed by atoms with van der Waals surface area (Å²) in [6, 6.07) is 4.34. The highest BCUT2D eigenvalue weighted by molar-refractivity contribution is 14.1. The minimum Gasteiger partial charge on any atom is -0.481 e. The van der Waals surface area contributed by atoms with Crippen LogP contribution in [0.4, 0.5) is 9.59 Å². The van der Waals surface area contributed by atoms with E-state index in [1.165, 1.54) is 30.1 Å². The van der Waals surface area contributed by atoms with Gasteiger partial charge in [0.15, 0.2) is 0 Å². The zero-order valence-electron chi connectivity index (χ0n) is 23.8. The van der Waals surface area contributed by atoms with Crippen LogP contribution in [0.25, 0.3) is 0 Å². The zero-order valence-corrected chi connectivity index (χ0v) is 25.9. The smallest absolute Gasteiger partial charge is 0.410 e. The summed E-state index contributed by atoms with van der Waals surface area (Å²) in [5.41, 5.74) is 3.18.